The zero-order valence-electron chi connectivity index (χ0n) is 19.0. The molecular weight excluding hydrogens is 420 g/mol. The third-order valence-corrected chi connectivity index (χ3v) is 5.53. The van der Waals surface area contributed by atoms with Gasteiger partial charge in [-0.25, -0.2) is 4.79 Å². The van der Waals surface area contributed by atoms with Crippen LogP contribution in [-0.4, -0.2) is 55.6 Å². The molecular formula is C25H32N4O4. The zero-order valence-corrected chi connectivity index (χ0v) is 19.0. The Labute approximate surface area is 194 Å². The lowest BCUT2D eigenvalue weighted by molar-refractivity contribution is -0.121. The molecule has 3 N–H and O–H groups in total. The summed E-state index contributed by atoms with van der Waals surface area (Å²) >= 11 is 0. The van der Waals surface area contributed by atoms with E-state index in [1.807, 2.05) is 37.3 Å². The highest BCUT2D eigenvalue weighted by molar-refractivity contribution is 5.97. The fourth-order valence-electron chi connectivity index (χ4n) is 3.67. The number of urea groups is 1. The zero-order chi connectivity index (χ0) is 23.5. The minimum atomic E-state index is -0.180. The molecule has 0 radical (unpaired) electrons. The fraction of sp³-hybridized carbons (Fsp3) is 0.400. The van der Waals surface area contributed by atoms with E-state index in [-0.39, 0.29) is 23.8 Å². The minimum absolute atomic E-state index is 0.0904. The molecule has 1 aliphatic rings. The number of ether oxygens (including phenoxy) is 1. The summed E-state index contributed by atoms with van der Waals surface area (Å²) in [5.74, 6) is -0.449. The van der Waals surface area contributed by atoms with Gasteiger partial charge in [0.25, 0.3) is 5.91 Å². The Bertz CT molecular complexity index is 927. The number of likely N-dealkylation sites (tertiary alicyclic amines) is 1. The molecule has 0 bridgehead atoms. The van der Waals surface area contributed by atoms with Gasteiger partial charge < -0.3 is 25.6 Å². The van der Waals surface area contributed by atoms with E-state index >= 15 is 0 Å². The van der Waals surface area contributed by atoms with Gasteiger partial charge in [-0.05, 0) is 56.5 Å². The van der Waals surface area contributed by atoms with Crippen molar-refractivity contribution >= 4 is 29.2 Å². The predicted octanol–water partition coefficient (Wildman–Crippen LogP) is 3.73. The summed E-state index contributed by atoms with van der Waals surface area (Å²) in [7, 11) is 0. The summed E-state index contributed by atoms with van der Waals surface area (Å²) in [6, 6.07) is 16.1. The molecule has 2 aromatic carbocycles. The SMILES string of the molecule is CCOCCCNC(=O)c1cccc(NC(=O)C2CCN(C(=O)Nc3ccccc3)CC2)c1. The number of nitrogens with zero attached hydrogens (tertiary/aromatic N) is 1. The maximum absolute atomic E-state index is 12.7. The van der Waals surface area contributed by atoms with Crippen molar-refractivity contribution in [3.63, 3.8) is 0 Å². The Kier molecular flexibility index (Phi) is 9.26. The number of para-hydroxylation sites is 1. The molecule has 0 saturated carbocycles. The number of rotatable bonds is 9. The van der Waals surface area contributed by atoms with Gasteiger partial charge in [0.2, 0.25) is 5.91 Å². The van der Waals surface area contributed by atoms with Crippen molar-refractivity contribution in [3.8, 4) is 0 Å². The molecule has 2 aromatic rings. The van der Waals surface area contributed by atoms with Gasteiger partial charge in [-0.15, -0.1) is 0 Å². The number of nitrogens with one attached hydrogen (secondary N) is 3. The van der Waals surface area contributed by atoms with E-state index in [9.17, 15) is 14.4 Å². The van der Waals surface area contributed by atoms with Crippen LogP contribution in [0.15, 0.2) is 54.6 Å². The Morgan fingerprint density at radius 1 is 0.970 bits per heavy atom. The average molecular weight is 453 g/mol. The molecule has 0 aromatic heterocycles. The van der Waals surface area contributed by atoms with Crippen molar-refractivity contribution < 1.29 is 19.1 Å². The number of carbonyl (C=O) groups is 3. The summed E-state index contributed by atoms with van der Waals surface area (Å²) in [4.78, 5) is 39.2. The van der Waals surface area contributed by atoms with E-state index in [4.69, 9.17) is 4.74 Å². The lowest BCUT2D eigenvalue weighted by Gasteiger charge is -2.31. The molecule has 1 saturated heterocycles. The van der Waals surface area contributed by atoms with Crippen LogP contribution in [0.1, 0.15) is 36.5 Å². The van der Waals surface area contributed by atoms with Crippen LogP contribution in [0.3, 0.4) is 0 Å². The van der Waals surface area contributed by atoms with E-state index in [1.54, 1.807) is 29.2 Å². The van der Waals surface area contributed by atoms with Crippen LogP contribution in [0.4, 0.5) is 16.2 Å². The van der Waals surface area contributed by atoms with Crippen LogP contribution in [-0.2, 0) is 9.53 Å². The minimum Gasteiger partial charge on any atom is -0.382 e. The topological polar surface area (TPSA) is 99.8 Å². The monoisotopic (exact) mass is 452 g/mol. The van der Waals surface area contributed by atoms with Crippen LogP contribution >= 0.6 is 0 Å². The Hall–Kier alpha value is -3.39. The number of piperidine rings is 1. The van der Waals surface area contributed by atoms with Gasteiger partial charge in [-0.1, -0.05) is 24.3 Å². The standard InChI is InChI=1S/C25H32N4O4/c1-2-33-17-7-14-26-23(30)20-8-6-11-22(18-20)27-24(31)19-12-15-29(16-13-19)25(32)28-21-9-4-3-5-10-21/h3-6,8-11,18-19H,2,7,12-17H2,1H3,(H,26,30)(H,27,31)(H,28,32). The largest absolute Gasteiger partial charge is 0.382 e. The quantitative estimate of drug-likeness (QED) is 0.505. The van der Waals surface area contributed by atoms with E-state index in [2.05, 4.69) is 16.0 Å². The highest BCUT2D eigenvalue weighted by Gasteiger charge is 2.27. The van der Waals surface area contributed by atoms with Crippen molar-refractivity contribution in [2.75, 3.05) is 43.5 Å². The normalized spacial score (nSPS) is 13.9. The van der Waals surface area contributed by atoms with E-state index < -0.39 is 0 Å². The highest BCUT2D eigenvalue weighted by Crippen LogP contribution is 2.21. The highest BCUT2D eigenvalue weighted by atomic mass is 16.5. The van der Waals surface area contributed by atoms with Gasteiger partial charge in [0, 0.05) is 55.7 Å². The first-order chi connectivity index (χ1) is 16.1. The second-order valence-electron chi connectivity index (χ2n) is 7.93. The van der Waals surface area contributed by atoms with Gasteiger partial charge >= 0.3 is 6.03 Å². The molecule has 176 valence electrons. The van der Waals surface area contributed by atoms with Crippen molar-refractivity contribution in [2.45, 2.75) is 26.2 Å². The molecule has 4 amide bonds. The first-order valence-electron chi connectivity index (χ1n) is 11.4. The van der Waals surface area contributed by atoms with Crippen LogP contribution < -0.4 is 16.0 Å². The smallest absolute Gasteiger partial charge is 0.321 e. The Morgan fingerprint density at radius 3 is 2.42 bits per heavy atom. The summed E-state index contributed by atoms with van der Waals surface area (Å²) in [6.07, 6.45) is 1.93. The van der Waals surface area contributed by atoms with Crippen LogP contribution in [0.2, 0.25) is 0 Å². The molecule has 1 aliphatic heterocycles. The van der Waals surface area contributed by atoms with Crippen molar-refractivity contribution in [3.05, 3.63) is 60.2 Å². The molecule has 0 spiro atoms. The summed E-state index contributed by atoms with van der Waals surface area (Å²) in [6.45, 7) is 4.77. The molecule has 0 aliphatic carbocycles. The van der Waals surface area contributed by atoms with Gasteiger partial charge in [0.15, 0.2) is 0 Å². The molecule has 8 nitrogen and oxygen atoms in total. The summed E-state index contributed by atoms with van der Waals surface area (Å²) in [5.41, 5.74) is 1.84. The van der Waals surface area contributed by atoms with Crippen LogP contribution in [0, 0.1) is 5.92 Å². The van der Waals surface area contributed by atoms with Gasteiger partial charge in [0.05, 0.1) is 0 Å². The molecule has 0 atom stereocenters. The predicted molar refractivity (Wildman–Crippen MR) is 128 cm³/mol. The Balaban J connectivity index is 1.44. The van der Waals surface area contributed by atoms with Crippen molar-refractivity contribution in [1.82, 2.24) is 10.2 Å². The Morgan fingerprint density at radius 2 is 1.70 bits per heavy atom. The lowest BCUT2D eigenvalue weighted by atomic mass is 9.96. The first kappa shape index (κ1) is 24.3. The molecule has 8 heteroatoms. The number of anilines is 2. The van der Waals surface area contributed by atoms with E-state index in [0.717, 1.165) is 12.1 Å². The third kappa shape index (κ3) is 7.61. The van der Waals surface area contributed by atoms with Crippen molar-refractivity contribution in [2.24, 2.45) is 5.92 Å². The van der Waals surface area contributed by atoms with Crippen LogP contribution in [0.25, 0.3) is 0 Å². The second-order valence-corrected chi connectivity index (χ2v) is 7.93. The number of hydrogen-bond donors (Lipinski definition) is 3. The first-order valence-corrected chi connectivity index (χ1v) is 11.4. The summed E-state index contributed by atoms with van der Waals surface area (Å²) in [5, 5.41) is 8.65. The molecule has 0 unspecified atom stereocenters. The maximum atomic E-state index is 12.7. The fourth-order valence-corrected chi connectivity index (χ4v) is 3.67. The van der Waals surface area contributed by atoms with Crippen molar-refractivity contribution in [1.29, 1.82) is 0 Å². The van der Waals surface area contributed by atoms with Gasteiger partial charge in [0.1, 0.15) is 0 Å². The molecule has 1 fully saturated rings. The van der Waals surface area contributed by atoms with E-state index in [0.29, 0.717) is 56.9 Å². The lowest BCUT2D eigenvalue weighted by Crippen LogP contribution is -2.43. The number of benzene rings is 2. The molecule has 33 heavy (non-hydrogen) atoms. The summed E-state index contributed by atoms with van der Waals surface area (Å²) < 4.78 is 5.26. The molecule has 1 heterocycles. The third-order valence-electron chi connectivity index (χ3n) is 5.53. The molecule has 3 rings (SSSR count). The second kappa shape index (κ2) is 12.6. The maximum Gasteiger partial charge on any atom is 0.321 e. The number of amides is 4. The van der Waals surface area contributed by atoms with E-state index in [1.165, 1.54) is 0 Å². The number of carbonyl (C=O) groups excluding carboxylic acids is 3. The number of hydrogen-bond acceptors (Lipinski definition) is 4. The van der Waals surface area contributed by atoms with Crippen LogP contribution in [0.5, 0.6) is 0 Å². The average Bonchev–Trinajstić information content (AvgIpc) is 2.84. The van der Waals surface area contributed by atoms with Gasteiger partial charge in [-0.3, -0.25) is 9.59 Å². The van der Waals surface area contributed by atoms with Gasteiger partial charge in [-0.2, -0.15) is 0 Å².